The van der Waals surface area contributed by atoms with E-state index in [4.69, 9.17) is 20.8 Å². The first kappa shape index (κ1) is 22.6. The summed E-state index contributed by atoms with van der Waals surface area (Å²) in [5.41, 5.74) is 1.56. The van der Waals surface area contributed by atoms with Gasteiger partial charge in [0, 0.05) is 16.7 Å². The van der Waals surface area contributed by atoms with Gasteiger partial charge in [-0.2, -0.15) is 0 Å². The number of esters is 1. The number of halogens is 1. The van der Waals surface area contributed by atoms with Gasteiger partial charge in [0.15, 0.2) is 5.58 Å². The van der Waals surface area contributed by atoms with Crippen molar-refractivity contribution in [2.75, 3.05) is 11.9 Å². The second-order valence-electron chi connectivity index (χ2n) is 8.63. The van der Waals surface area contributed by atoms with Crippen molar-refractivity contribution in [3.63, 3.8) is 0 Å². The second-order valence-corrected chi connectivity index (χ2v) is 9.07. The Morgan fingerprint density at radius 2 is 1.79 bits per heavy atom. The lowest BCUT2D eigenvalue weighted by Gasteiger charge is -2.19. The van der Waals surface area contributed by atoms with Gasteiger partial charge in [-0.3, -0.25) is 9.59 Å². The Labute approximate surface area is 194 Å². The quantitative estimate of drug-likeness (QED) is 0.405. The number of nitrogens with zero attached hydrogens (tertiary/aromatic N) is 1. The number of hydrogen-bond donors (Lipinski definition) is 1. The fourth-order valence-electron chi connectivity index (χ4n) is 3.54. The van der Waals surface area contributed by atoms with Gasteiger partial charge in [0.25, 0.3) is 11.5 Å². The third kappa shape index (κ3) is 4.24. The number of ether oxygens (including phenoxy) is 1. The maximum atomic E-state index is 13.3. The molecule has 4 rings (SSSR count). The van der Waals surface area contributed by atoms with Crippen LogP contribution in [0.4, 0.5) is 5.69 Å². The zero-order chi connectivity index (χ0) is 23.9. The zero-order valence-corrected chi connectivity index (χ0v) is 19.4. The summed E-state index contributed by atoms with van der Waals surface area (Å²) in [5.74, 6) is -1.15. The predicted octanol–water partition coefficient (Wildman–Crippen LogP) is 5.43. The molecule has 0 spiro atoms. The van der Waals surface area contributed by atoms with E-state index in [0.717, 1.165) is 5.56 Å². The van der Waals surface area contributed by atoms with Gasteiger partial charge in [-0.1, -0.05) is 44.5 Å². The topological polar surface area (TPSA) is 90.0 Å². The predicted molar refractivity (Wildman–Crippen MR) is 128 cm³/mol. The summed E-state index contributed by atoms with van der Waals surface area (Å²) in [5, 5.41) is 3.05. The lowest BCUT2D eigenvalue weighted by Crippen LogP contribution is -2.24. The maximum absolute atomic E-state index is 13.3. The summed E-state index contributed by atoms with van der Waals surface area (Å²) in [4.78, 5) is 38.8. The number of rotatable bonds is 4. The summed E-state index contributed by atoms with van der Waals surface area (Å²) in [6.07, 6.45) is 0. The molecule has 0 unspecified atom stereocenters. The number of pyridine rings is 1. The summed E-state index contributed by atoms with van der Waals surface area (Å²) >= 11 is 6.05. The average molecular weight is 467 g/mol. The van der Waals surface area contributed by atoms with Crippen LogP contribution in [0.15, 0.2) is 57.7 Å². The van der Waals surface area contributed by atoms with E-state index >= 15 is 0 Å². The van der Waals surface area contributed by atoms with Crippen molar-refractivity contribution >= 4 is 46.0 Å². The van der Waals surface area contributed by atoms with Gasteiger partial charge in [0.1, 0.15) is 11.3 Å². The van der Waals surface area contributed by atoms with Crippen molar-refractivity contribution in [2.24, 2.45) is 0 Å². The number of aromatic nitrogens is 1. The number of fused-ring (bicyclic) bond motifs is 3. The highest BCUT2D eigenvalue weighted by molar-refractivity contribution is 6.31. The highest BCUT2D eigenvalue weighted by atomic mass is 35.5. The summed E-state index contributed by atoms with van der Waals surface area (Å²) in [6, 6.07) is 13.2. The van der Waals surface area contributed by atoms with Gasteiger partial charge in [0.05, 0.1) is 12.1 Å². The first-order chi connectivity index (χ1) is 15.6. The number of hydrogen-bond acceptors (Lipinski definition) is 5. The van der Waals surface area contributed by atoms with Crippen LogP contribution in [0, 0.1) is 0 Å². The van der Waals surface area contributed by atoms with Crippen molar-refractivity contribution < 1.29 is 18.7 Å². The third-order valence-electron chi connectivity index (χ3n) is 5.28. The fraction of sp³-hybridized carbons (Fsp3) is 0.240. The molecule has 0 fully saturated rings. The Morgan fingerprint density at radius 3 is 2.42 bits per heavy atom. The number of nitrogens with one attached hydrogen (secondary N) is 1. The molecule has 1 N–H and O–H groups in total. The van der Waals surface area contributed by atoms with Crippen molar-refractivity contribution in [3.05, 3.63) is 80.6 Å². The first-order valence-electron chi connectivity index (χ1n) is 10.5. The molecule has 0 radical (unpaired) electrons. The standard InChI is InChI=1S/C25H23ClN2O5/c1-5-32-24(31)17-13-18(27-21(29)14-6-8-15(9-7-14)25(2,3)4)22(30)28-19-11-10-16(26)12-20(19)33-23(17)28/h6-13H,5H2,1-4H3,(H,27,29). The molecule has 0 bridgehead atoms. The van der Waals surface area contributed by atoms with Crippen LogP contribution in [0.25, 0.3) is 16.8 Å². The van der Waals surface area contributed by atoms with Gasteiger partial charge in [-0.25, -0.2) is 9.20 Å². The molecule has 7 nitrogen and oxygen atoms in total. The minimum absolute atomic E-state index is 0.0159. The SMILES string of the molecule is CCOC(=O)c1cc(NC(=O)c2ccc(C(C)(C)C)cc2)c(=O)n2c1oc1cc(Cl)ccc12. The highest BCUT2D eigenvalue weighted by Gasteiger charge is 2.23. The molecular formula is C25H23ClN2O5. The van der Waals surface area contributed by atoms with Gasteiger partial charge in [0.2, 0.25) is 5.71 Å². The van der Waals surface area contributed by atoms with Gasteiger partial charge >= 0.3 is 5.97 Å². The fourth-order valence-corrected chi connectivity index (χ4v) is 3.70. The molecule has 8 heteroatoms. The smallest absolute Gasteiger partial charge is 0.343 e. The van der Waals surface area contributed by atoms with Gasteiger partial charge in [-0.05, 0) is 48.2 Å². The minimum Gasteiger partial charge on any atom is -0.462 e. The summed E-state index contributed by atoms with van der Waals surface area (Å²) < 4.78 is 12.1. The highest BCUT2D eigenvalue weighted by Crippen LogP contribution is 2.27. The molecule has 1 amide bonds. The van der Waals surface area contributed by atoms with E-state index in [9.17, 15) is 14.4 Å². The number of carbonyl (C=O) groups excluding carboxylic acids is 2. The van der Waals surface area contributed by atoms with Crippen LogP contribution in [-0.2, 0) is 10.2 Å². The molecule has 0 saturated heterocycles. The molecular weight excluding hydrogens is 444 g/mol. The summed E-state index contributed by atoms with van der Waals surface area (Å²) in [7, 11) is 0. The normalized spacial score (nSPS) is 11.7. The molecule has 2 aromatic carbocycles. The average Bonchev–Trinajstić information content (AvgIpc) is 3.14. The Bertz CT molecular complexity index is 1440. The van der Waals surface area contributed by atoms with Crippen LogP contribution in [-0.4, -0.2) is 22.9 Å². The molecule has 2 heterocycles. The molecule has 33 heavy (non-hydrogen) atoms. The van der Waals surface area contributed by atoms with E-state index < -0.39 is 17.4 Å². The van der Waals surface area contributed by atoms with Crippen LogP contribution in [0.2, 0.25) is 5.02 Å². The number of oxazole rings is 1. The number of anilines is 1. The Balaban J connectivity index is 1.82. The van der Waals surface area contributed by atoms with E-state index in [0.29, 0.717) is 21.7 Å². The van der Waals surface area contributed by atoms with Crippen molar-refractivity contribution in [1.82, 2.24) is 4.40 Å². The zero-order valence-electron chi connectivity index (χ0n) is 18.7. The Kier molecular flexibility index (Phi) is 5.76. The van der Waals surface area contributed by atoms with Gasteiger partial charge < -0.3 is 14.5 Å². The van der Waals surface area contributed by atoms with E-state index in [1.807, 2.05) is 12.1 Å². The number of amides is 1. The molecule has 0 atom stereocenters. The van der Waals surface area contributed by atoms with Crippen LogP contribution in [0.3, 0.4) is 0 Å². The van der Waals surface area contributed by atoms with Crippen molar-refractivity contribution in [2.45, 2.75) is 33.1 Å². The lowest BCUT2D eigenvalue weighted by atomic mass is 9.87. The monoisotopic (exact) mass is 466 g/mol. The molecule has 0 aliphatic heterocycles. The minimum atomic E-state index is -0.676. The van der Waals surface area contributed by atoms with Crippen LogP contribution < -0.4 is 10.9 Å². The lowest BCUT2D eigenvalue weighted by molar-refractivity contribution is 0.0526. The van der Waals surface area contributed by atoms with E-state index in [-0.39, 0.29) is 29.0 Å². The van der Waals surface area contributed by atoms with Crippen molar-refractivity contribution in [3.8, 4) is 0 Å². The molecule has 0 aliphatic carbocycles. The third-order valence-corrected chi connectivity index (χ3v) is 5.52. The van der Waals surface area contributed by atoms with Crippen LogP contribution in [0.1, 0.15) is 54.0 Å². The Hall–Kier alpha value is -3.58. The summed E-state index contributed by atoms with van der Waals surface area (Å²) in [6.45, 7) is 8.05. The molecule has 170 valence electrons. The molecule has 2 aromatic heterocycles. The van der Waals surface area contributed by atoms with E-state index in [2.05, 4.69) is 26.1 Å². The largest absolute Gasteiger partial charge is 0.462 e. The number of carbonyl (C=O) groups is 2. The van der Waals surface area contributed by atoms with Crippen LogP contribution >= 0.6 is 11.6 Å². The van der Waals surface area contributed by atoms with E-state index in [1.165, 1.54) is 10.5 Å². The van der Waals surface area contributed by atoms with Gasteiger partial charge in [-0.15, -0.1) is 0 Å². The number of benzene rings is 2. The molecule has 4 aromatic rings. The molecule has 0 aliphatic rings. The molecule has 0 saturated carbocycles. The van der Waals surface area contributed by atoms with Crippen LogP contribution in [0.5, 0.6) is 0 Å². The Morgan fingerprint density at radius 1 is 1.09 bits per heavy atom. The first-order valence-corrected chi connectivity index (χ1v) is 10.8. The maximum Gasteiger partial charge on any atom is 0.343 e. The van der Waals surface area contributed by atoms with E-state index in [1.54, 1.807) is 37.3 Å². The van der Waals surface area contributed by atoms with Crippen molar-refractivity contribution in [1.29, 1.82) is 0 Å². The second kappa shape index (κ2) is 8.41.